The standard InChI is InChI=1S/C25H21Cl2N3O5/c1-2-10-35-17-5-3-4-14(12-17)11-15-8-9-30-22(15)29-19-13-16(6-7-18(19)24(30)32)28-23(31)20(26)21(27)25(33)34/h3-7,11-13H,2,8-10H2,1H3,(H,28,31)(H,33,34). The van der Waals surface area contributed by atoms with E-state index in [0.29, 0.717) is 36.3 Å². The van der Waals surface area contributed by atoms with Crippen molar-refractivity contribution >= 4 is 63.3 Å². The Morgan fingerprint density at radius 3 is 2.74 bits per heavy atom. The number of fused-ring (bicyclic) bond motifs is 2. The molecular formula is C25H21Cl2N3O5. The van der Waals surface area contributed by atoms with Gasteiger partial charge in [-0.2, -0.15) is 0 Å². The summed E-state index contributed by atoms with van der Waals surface area (Å²) in [6.07, 6.45) is 3.55. The number of carbonyl (C=O) groups excluding carboxylic acids is 1. The van der Waals surface area contributed by atoms with Gasteiger partial charge in [-0.05, 0) is 60.4 Å². The minimum absolute atomic E-state index is 0.182. The summed E-state index contributed by atoms with van der Waals surface area (Å²) in [5.41, 5.74) is 2.34. The molecule has 10 heteroatoms. The number of carboxylic acids is 1. The van der Waals surface area contributed by atoms with Gasteiger partial charge in [-0.15, -0.1) is 0 Å². The summed E-state index contributed by atoms with van der Waals surface area (Å²) in [5.74, 6) is -1.07. The smallest absolute Gasteiger partial charge is 0.349 e. The van der Waals surface area contributed by atoms with Gasteiger partial charge in [-0.3, -0.25) is 14.2 Å². The molecule has 8 nitrogen and oxygen atoms in total. The number of nitrogens with zero attached hydrogens (tertiary/aromatic N) is 2. The molecule has 1 amide bonds. The van der Waals surface area contributed by atoms with Crippen molar-refractivity contribution in [2.24, 2.45) is 0 Å². The van der Waals surface area contributed by atoms with Crippen LogP contribution < -0.4 is 15.6 Å². The van der Waals surface area contributed by atoms with E-state index in [4.69, 9.17) is 33.0 Å². The number of aromatic nitrogens is 2. The monoisotopic (exact) mass is 513 g/mol. The maximum absolute atomic E-state index is 13.1. The lowest BCUT2D eigenvalue weighted by Crippen LogP contribution is -2.21. The highest BCUT2D eigenvalue weighted by Crippen LogP contribution is 2.29. The van der Waals surface area contributed by atoms with Crippen LogP contribution in [0.4, 0.5) is 5.69 Å². The van der Waals surface area contributed by atoms with Gasteiger partial charge >= 0.3 is 5.97 Å². The number of amides is 1. The van der Waals surface area contributed by atoms with Crippen LogP contribution in [0.2, 0.25) is 0 Å². The van der Waals surface area contributed by atoms with Crippen LogP contribution >= 0.6 is 23.2 Å². The van der Waals surface area contributed by atoms with E-state index in [-0.39, 0.29) is 11.2 Å². The van der Waals surface area contributed by atoms with E-state index in [0.717, 1.165) is 23.3 Å². The first-order chi connectivity index (χ1) is 16.8. The van der Waals surface area contributed by atoms with Gasteiger partial charge in [0.1, 0.15) is 21.6 Å². The topological polar surface area (TPSA) is 111 Å². The fourth-order valence-electron chi connectivity index (χ4n) is 3.73. The Morgan fingerprint density at radius 1 is 1.20 bits per heavy atom. The van der Waals surface area contributed by atoms with Gasteiger partial charge in [0, 0.05) is 12.2 Å². The number of anilines is 1. The number of benzene rings is 2. The zero-order valence-corrected chi connectivity index (χ0v) is 20.2. The minimum atomic E-state index is -1.52. The van der Waals surface area contributed by atoms with E-state index in [2.05, 4.69) is 10.3 Å². The molecule has 0 atom stereocenters. The Balaban J connectivity index is 1.68. The number of halogens is 2. The number of rotatable bonds is 7. The highest BCUT2D eigenvalue weighted by atomic mass is 35.5. The van der Waals surface area contributed by atoms with Crippen molar-refractivity contribution in [2.45, 2.75) is 26.3 Å². The molecule has 0 spiro atoms. The average Bonchev–Trinajstić information content (AvgIpc) is 3.24. The number of carbonyl (C=O) groups is 2. The fraction of sp³-hybridized carbons (Fsp3) is 0.200. The molecular weight excluding hydrogens is 493 g/mol. The highest BCUT2D eigenvalue weighted by Gasteiger charge is 2.22. The van der Waals surface area contributed by atoms with Gasteiger partial charge in [-0.25, -0.2) is 9.78 Å². The first-order valence-corrected chi connectivity index (χ1v) is 11.6. The summed E-state index contributed by atoms with van der Waals surface area (Å²) in [6, 6.07) is 12.3. The number of ether oxygens (including phenoxy) is 1. The van der Waals surface area contributed by atoms with Crippen molar-refractivity contribution in [3.05, 3.63) is 74.3 Å². The second-order valence-electron chi connectivity index (χ2n) is 7.85. The van der Waals surface area contributed by atoms with Gasteiger partial charge < -0.3 is 15.2 Å². The normalized spacial score (nSPS) is 14.5. The first-order valence-electron chi connectivity index (χ1n) is 10.9. The molecule has 2 heterocycles. The van der Waals surface area contributed by atoms with Crippen LogP contribution in [0.15, 0.2) is 57.3 Å². The van der Waals surface area contributed by atoms with E-state index in [1.54, 1.807) is 10.6 Å². The van der Waals surface area contributed by atoms with Crippen LogP contribution in [0.1, 0.15) is 31.2 Å². The number of allylic oxidation sites excluding steroid dienone is 1. The van der Waals surface area contributed by atoms with E-state index in [1.807, 2.05) is 37.3 Å². The zero-order valence-electron chi connectivity index (χ0n) is 18.7. The van der Waals surface area contributed by atoms with Crippen LogP contribution in [-0.2, 0) is 16.1 Å². The Kier molecular flexibility index (Phi) is 7.23. The second-order valence-corrected chi connectivity index (χ2v) is 8.61. The summed E-state index contributed by atoms with van der Waals surface area (Å²) in [6.45, 7) is 3.19. The fourth-order valence-corrected chi connectivity index (χ4v) is 3.94. The van der Waals surface area contributed by atoms with Crippen molar-refractivity contribution in [3.8, 4) is 5.75 Å². The van der Waals surface area contributed by atoms with Gasteiger partial charge in [0.2, 0.25) is 0 Å². The van der Waals surface area contributed by atoms with Crippen molar-refractivity contribution < 1.29 is 19.4 Å². The number of hydrogen-bond donors (Lipinski definition) is 2. The van der Waals surface area contributed by atoms with E-state index >= 15 is 0 Å². The molecule has 2 aromatic carbocycles. The first kappa shape index (κ1) is 24.5. The Labute approximate surface area is 210 Å². The minimum Gasteiger partial charge on any atom is -0.494 e. The molecule has 1 aromatic heterocycles. The lowest BCUT2D eigenvalue weighted by molar-refractivity contribution is -0.132. The number of aliphatic carboxylic acids is 1. The summed E-state index contributed by atoms with van der Waals surface area (Å²) in [5, 5.41) is 10.3. The molecule has 4 rings (SSSR count). The number of carboxylic acid groups (broad SMARTS) is 1. The van der Waals surface area contributed by atoms with Crippen molar-refractivity contribution in [1.82, 2.24) is 9.55 Å². The van der Waals surface area contributed by atoms with Crippen LogP contribution in [0.5, 0.6) is 5.75 Å². The molecule has 180 valence electrons. The third-order valence-electron chi connectivity index (χ3n) is 5.36. The average molecular weight is 514 g/mol. The number of hydrogen-bond acceptors (Lipinski definition) is 5. The third kappa shape index (κ3) is 5.23. The molecule has 0 radical (unpaired) electrons. The zero-order chi connectivity index (χ0) is 25.1. The molecule has 0 saturated heterocycles. The molecule has 35 heavy (non-hydrogen) atoms. The predicted octanol–water partition coefficient (Wildman–Crippen LogP) is 4.84. The van der Waals surface area contributed by atoms with Crippen molar-refractivity contribution in [1.29, 1.82) is 0 Å². The van der Waals surface area contributed by atoms with Gasteiger partial charge in [0.15, 0.2) is 0 Å². The maximum Gasteiger partial charge on any atom is 0.349 e. The summed E-state index contributed by atoms with van der Waals surface area (Å²) in [7, 11) is 0. The Bertz CT molecular complexity index is 1460. The molecule has 0 unspecified atom stereocenters. The molecule has 1 aliphatic rings. The molecule has 3 aromatic rings. The van der Waals surface area contributed by atoms with E-state index < -0.39 is 21.9 Å². The van der Waals surface area contributed by atoms with Gasteiger partial charge in [-0.1, -0.05) is 42.3 Å². The second kappa shape index (κ2) is 10.3. The summed E-state index contributed by atoms with van der Waals surface area (Å²) < 4.78 is 7.34. The highest BCUT2D eigenvalue weighted by molar-refractivity contribution is 6.54. The van der Waals surface area contributed by atoms with E-state index in [9.17, 15) is 14.4 Å². The van der Waals surface area contributed by atoms with Gasteiger partial charge in [0.25, 0.3) is 11.5 Å². The lowest BCUT2D eigenvalue weighted by Gasteiger charge is -2.09. The third-order valence-corrected chi connectivity index (χ3v) is 6.16. The van der Waals surface area contributed by atoms with Crippen LogP contribution in [0.3, 0.4) is 0 Å². The summed E-state index contributed by atoms with van der Waals surface area (Å²) in [4.78, 5) is 40.9. The summed E-state index contributed by atoms with van der Waals surface area (Å²) >= 11 is 11.3. The van der Waals surface area contributed by atoms with Crippen LogP contribution in [0.25, 0.3) is 22.6 Å². The van der Waals surface area contributed by atoms with Crippen molar-refractivity contribution in [2.75, 3.05) is 11.9 Å². The molecule has 2 N–H and O–H groups in total. The largest absolute Gasteiger partial charge is 0.494 e. The number of nitrogens with one attached hydrogen (secondary N) is 1. The molecule has 0 aliphatic carbocycles. The Hall–Kier alpha value is -3.62. The van der Waals surface area contributed by atoms with Crippen LogP contribution in [0, 0.1) is 0 Å². The van der Waals surface area contributed by atoms with Gasteiger partial charge in [0.05, 0.1) is 17.5 Å². The van der Waals surface area contributed by atoms with Crippen LogP contribution in [-0.4, -0.2) is 33.1 Å². The molecule has 0 bridgehead atoms. The SMILES string of the molecule is CCCOc1cccc(C=C2CCn3c2nc2cc(NC(=O)C(Cl)=C(Cl)C(=O)O)ccc2c3=O)c1. The molecule has 1 aliphatic heterocycles. The lowest BCUT2D eigenvalue weighted by atomic mass is 10.1. The molecule has 0 saturated carbocycles. The van der Waals surface area contributed by atoms with Crippen molar-refractivity contribution in [3.63, 3.8) is 0 Å². The maximum atomic E-state index is 13.1. The molecule has 0 fully saturated rings. The quantitative estimate of drug-likeness (QED) is 0.437. The Morgan fingerprint density at radius 2 is 2.00 bits per heavy atom. The van der Waals surface area contributed by atoms with E-state index in [1.165, 1.54) is 12.1 Å². The predicted molar refractivity (Wildman–Crippen MR) is 136 cm³/mol.